The largest absolute Gasteiger partial charge is 0.385 e. The van der Waals surface area contributed by atoms with Crippen molar-refractivity contribution in [3.05, 3.63) is 40.1 Å². The molecule has 2 aromatic rings. The summed E-state index contributed by atoms with van der Waals surface area (Å²) in [5, 5.41) is 0.720. The molecule has 0 saturated heterocycles. The Morgan fingerprint density at radius 1 is 1.25 bits per heavy atom. The lowest BCUT2D eigenvalue weighted by molar-refractivity contribution is 0.420. The van der Waals surface area contributed by atoms with E-state index in [0.29, 0.717) is 11.7 Å². The number of fused-ring (bicyclic) bond motifs is 1. The van der Waals surface area contributed by atoms with Gasteiger partial charge in [-0.05, 0) is 36.5 Å². The Morgan fingerprint density at radius 2 is 2.06 bits per heavy atom. The summed E-state index contributed by atoms with van der Waals surface area (Å²) in [7, 11) is 0. The van der Waals surface area contributed by atoms with Crippen LogP contribution in [0.4, 0.5) is 5.82 Å². The van der Waals surface area contributed by atoms with E-state index in [-0.39, 0.29) is 5.43 Å². The fourth-order valence-electron chi connectivity index (χ4n) is 2.29. The summed E-state index contributed by atoms with van der Waals surface area (Å²) in [6.45, 7) is 0. The van der Waals surface area contributed by atoms with Crippen LogP contribution < -0.4 is 11.2 Å². The van der Waals surface area contributed by atoms with Gasteiger partial charge in [0.1, 0.15) is 5.82 Å². The van der Waals surface area contributed by atoms with Gasteiger partial charge in [-0.3, -0.25) is 4.79 Å². The molecule has 3 nitrogen and oxygen atoms in total. The second kappa shape index (κ2) is 3.37. The molecule has 3 rings (SSSR count). The molecule has 0 radical (unpaired) electrons. The summed E-state index contributed by atoms with van der Waals surface area (Å²) in [6, 6.07) is 7.47. The summed E-state index contributed by atoms with van der Waals surface area (Å²) in [6.07, 6.45) is 3.84. The van der Waals surface area contributed by atoms with Crippen molar-refractivity contribution < 1.29 is 0 Å². The Bertz CT molecular complexity index is 596. The Morgan fingerprint density at radius 3 is 2.75 bits per heavy atom. The number of H-pyrrole nitrogens is 1. The molecule has 3 heteroatoms. The molecular weight excluding hydrogens is 200 g/mol. The van der Waals surface area contributed by atoms with Gasteiger partial charge < -0.3 is 10.7 Å². The van der Waals surface area contributed by atoms with E-state index >= 15 is 0 Å². The Balaban J connectivity index is 2.20. The Hall–Kier alpha value is -1.77. The van der Waals surface area contributed by atoms with Gasteiger partial charge in [0.25, 0.3) is 0 Å². The number of hydrogen-bond acceptors (Lipinski definition) is 2. The molecule has 1 aromatic heterocycles. The molecule has 1 fully saturated rings. The standard InChI is InChI=1S/C13H14N2O/c14-13-7-12(16)10-5-4-9(6-11(10)15-13)8-2-1-3-8/h4-8H,1-3H2,(H3,14,15,16). The van der Waals surface area contributed by atoms with Crippen LogP contribution in [0.1, 0.15) is 30.7 Å². The minimum Gasteiger partial charge on any atom is -0.385 e. The van der Waals surface area contributed by atoms with Crippen molar-refractivity contribution in [2.24, 2.45) is 0 Å². The van der Waals surface area contributed by atoms with E-state index in [1.165, 1.54) is 30.9 Å². The molecular formula is C13H14N2O. The van der Waals surface area contributed by atoms with Crippen molar-refractivity contribution in [2.75, 3.05) is 5.73 Å². The molecule has 0 aliphatic heterocycles. The summed E-state index contributed by atoms with van der Waals surface area (Å²) in [4.78, 5) is 14.7. The van der Waals surface area contributed by atoms with Crippen molar-refractivity contribution in [3.63, 3.8) is 0 Å². The van der Waals surface area contributed by atoms with Crippen LogP contribution >= 0.6 is 0 Å². The topological polar surface area (TPSA) is 58.9 Å². The molecule has 1 heterocycles. The van der Waals surface area contributed by atoms with Crippen molar-refractivity contribution in [1.82, 2.24) is 4.98 Å². The predicted octanol–water partition coefficient (Wildman–Crippen LogP) is 2.38. The van der Waals surface area contributed by atoms with Crippen LogP contribution in [0.3, 0.4) is 0 Å². The summed E-state index contributed by atoms with van der Waals surface area (Å²) >= 11 is 0. The molecule has 0 atom stereocenters. The third-order valence-electron chi connectivity index (χ3n) is 3.45. The number of aromatic nitrogens is 1. The van der Waals surface area contributed by atoms with E-state index in [1.54, 1.807) is 0 Å². The molecule has 1 aromatic carbocycles. The zero-order valence-corrected chi connectivity index (χ0v) is 8.99. The number of nitrogens with one attached hydrogen (secondary N) is 1. The fourth-order valence-corrected chi connectivity index (χ4v) is 2.29. The van der Waals surface area contributed by atoms with Crippen LogP contribution in [-0.4, -0.2) is 4.98 Å². The van der Waals surface area contributed by atoms with Gasteiger partial charge in [0.2, 0.25) is 0 Å². The fraction of sp³-hybridized carbons (Fsp3) is 0.308. The van der Waals surface area contributed by atoms with Gasteiger partial charge in [0.05, 0.1) is 5.52 Å². The second-order valence-corrected chi connectivity index (χ2v) is 4.52. The molecule has 1 saturated carbocycles. The van der Waals surface area contributed by atoms with E-state index in [0.717, 1.165) is 10.9 Å². The summed E-state index contributed by atoms with van der Waals surface area (Å²) in [5.74, 6) is 1.11. The predicted molar refractivity (Wildman–Crippen MR) is 65.6 cm³/mol. The van der Waals surface area contributed by atoms with Crippen LogP contribution in [0.25, 0.3) is 10.9 Å². The number of rotatable bonds is 1. The van der Waals surface area contributed by atoms with Gasteiger partial charge >= 0.3 is 0 Å². The molecule has 0 bridgehead atoms. The number of anilines is 1. The van der Waals surface area contributed by atoms with E-state index in [9.17, 15) is 4.79 Å². The van der Waals surface area contributed by atoms with E-state index in [2.05, 4.69) is 17.1 Å². The first-order valence-electron chi connectivity index (χ1n) is 5.66. The first-order chi connectivity index (χ1) is 7.74. The van der Waals surface area contributed by atoms with Crippen molar-refractivity contribution in [1.29, 1.82) is 0 Å². The van der Waals surface area contributed by atoms with Crippen molar-refractivity contribution >= 4 is 16.7 Å². The first-order valence-corrected chi connectivity index (χ1v) is 5.66. The average molecular weight is 214 g/mol. The SMILES string of the molecule is Nc1cc(=O)c2ccc(C3CCC3)cc2[nH]1. The van der Waals surface area contributed by atoms with Gasteiger partial charge in [-0.15, -0.1) is 0 Å². The smallest absolute Gasteiger partial charge is 0.191 e. The highest BCUT2D eigenvalue weighted by Crippen LogP contribution is 2.36. The number of benzene rings is 1. The maximum absolute atomic E-state index is 11.7. The lowest BCUT2D eigenvalue weighted by Crippen LogP contribution is -2.10. The molecule has 1 aliphatic carbocycles. The monoisotopic (exact) mass is 214 g/mol. The quantitative estimate of drug-likeness (QED) is 0.765. The van der Waals surface area contributed by atoms with Crippen LogP contribution in [0.5, 0.6) is 0 Å². The highest BCUT2D eigenvalue weighted by molar-refractivity contribution is 5.80. The molecule has 16 heavy (non-hydrogen) atoms. The molecule has 0 unspecified atom stereocenters. The lowest BCUT2D eigenvalue weighted by atomic mass is 9.80. The maximum Gasteiger partial charge on any atom is 0.191 e. The zero-order valence-electron chi connectivity index (χ0n) is 8.99. The molecule has 0 spiro atoms. The van der Waals surface area contributed by atoms with Gasteiger partial charge in [0, 0.05) is 11.5 Å². The summed E-state index contributed by atoms with van der Waals surface area (Å²) < 4.78 is 0. The second-order valence-electron chi connectivity index (χ2n) is 4.52. The number of pyridine rings is 1. The van der Waals surface area contributed by atoms with Crippen molar-refractivity contribution in [2.45, 2.75) is 25.2 Å². The molecule has 3 N–H and O–H groups in total. The highest BCUT2D eigenvalue weighted by atomic mass is 16.1. The molecule has 1 aliphatic rings. The normalized spacial score (nSPS) is 16.2. The zero-order chi connectivity index (χ0) is 11.1. The Labute approximate surface area is 93.3 Å². The number of nitrogen functional groups attached to an aromatic ring is 1. The minimum absolute atomic E-state index is 0.00795. The van der Waals surface area contributed by atoms with Crippen LogP contribution in [-0.2, 0) is 0 Å². The van der Waals surface area contributed by atoms with E-state index in [1.807, 2.05) is 6.07 Å². The van der Waals surface area contributed by atoms with Gasteiger partial charge in [0.15, 0.2) is 5.43 Å². The summed E-state index contributed by atoms with van der Waals surface area (Å²) in [5.41, 5.74) is 7.81. The third-order valence-corrected chi connectivity index (χ3v) is 3.45. The number of nitrogens with two attached hydrogens (primary N) is 1. The van der Waals surface area contributed by atoms with Gasteiger partial charge in [-0.1, -0.05) is 12.5 Å². The number of hydrogen-bond donors (Lipinski definition) is 2. The molecule has 82 valence electrons. The first kappa shape index (κ1) is 9.46. The van der Waals surface area contributed by atoms with Crippen molar-refractivity contribution in [3.8, 4) is 0 Å². The third kappa shape index (κ3) is 1.40. The van der Waals surface area contributed by atoms with Gasteiger partial charge in [-0.25, -0.2) is 0 Å². The highest BCUT2D eigenvalue weighted by Gasteiger charge is 2.19. The average Bonchev–Trinajstić information content (AvgIpc) is 2.13. The minimum atomic E-state index is -0.00795. The lowest BCUT2D eigenvalue weighted by Gasteiger charge is -2.25. The Kier molecular flexibility index (Phi) is 1.99. The van der Waals surface area contributed by atoms with Crippen LogP contribution in [0.2, 0.25) is 0 Å². The number of aromatic amines is 1. The maximum atomic E-state index is 11.7. The van der Waals surface area contributed by atoms with Crippen LogP contribution in [0, 0.1) is 0 Å². The van der Waals surface area contributed by atoms with Crippen LogP contribution in [0.15, 0.2) is 29.1 Å². The van der Waals surface area contributed by atoms with Gasteiger partial charge in [-0.2, -0.15) is 0 Å². The van der Waals surface area contributed by atoms with E-state index in [4.69, 9.17) is 5.73 Å². The van der Waals surface area contributed by atoms with E-state index < -0.39 is 0 Å². The molecule has 0 amide bonds.